The number of thioether (sulfide) groups is 1. The molecular formula is C18H19BrN2O2S. The summed E-state index contributed by atoms with van der Waals surface area (Å²) in [5, 5.41) is 3.05. The molecule has 1 heterocycles. The van der Waals surface area contributed by atoms with E-state index in [9.17, 15) is 4.79 Å². The summed E-state index contributed by atoms with van der Waals surface area (Å²) >= 11 is 5.02. The first-order valence-corrected chi connectivity index (χ1v) is 9.60. The molecule has 1 amide bonds. The molecule has 126 valence electrons. The molecule has 0 unspecified atom stereocenters. The highest BCUT2D eigenvalue weighted by atomic mass is 79.9. The van der Waals surface area contributed by atoms with Crippen molar-refractivity contribution in [3.05, 3.63) is 53.0 Å². The van der Waals surface area contributed by atoms with Crippen molar-refractivity contribution in [1.29, 1.82) is 0 Å². The average Bonchev–Trinajstić information content (AvgIpc) is 2.62. The molecule has 1 saturated heterocycles. The Balaban J connectivity index is 1.66. The molecule has 0 radical (unpaired) electrons. The van der Waals surface area contributed by atoms with Crippen molar-refractivity contribution < 1.29 is 9.53 Å². The standard InChI is InChI=1S/C18H19BrN2O2S/c19-14-6-7-17(21-8-10-23-11-9-21)16(12-14)20-18(22)13-24-15-4-2-1-3-5-15/h1-7,12H,8-11,13H2,(H,20,22). The topological polar surface area (TPSA) is 41.6 Å². The molecule has 4 nitrogen and oxygen atoms in total. The molecule has 24 heavy (non-hydrogen) atoms. The maximum absolute atomic E-state index is 12.3. The predicted molar refractivity (Wildman–Crippen MR) is 103 cm³/mol. The molecule has 0 aromatic heterocycles. The Kier molecular flexibility index (Phi) is 6.18. The fourth-order valence-electron chi connectivity index (χ4n) is 2.54. The van der Waals surface area contributed by atoms with Crippen LogP contribution >= 0.6 is 27.7 Å². The number of nitrogens with one attached hydrogen (secondary N) is 1. The second kappa shape index (κ2) is 8.55. The van der Waals surface area contributed by atoms with Crippen LogP contribution in [0.1, 0.15) is 0 Å². The number of carbonyl (C=O) groups excluding carboxylic acids is 1. The summed E-state index contributed by atoms with van der Waals surface area (Å²) in [6.45, 7) is 3.10. The van der Waals surface area contributed by atoms with Crippen LogP contribution in [0.3, 0.4) is 0 Å². The zero-order chi connectivity index (χ0) is 16.8. The Morgan fingerprint density at radius 2 is 1.92 bits per heavy atom. The van der Waals surface area contributed by atoms with Crippen molar-refractivity contribution >= 4 is 45.0 Å². The summed E-state index contributed by atoms with van der Waals surface area (Å²) < 4.78 is 6.36. The van der Waals surface area contributed by atoms with Gasteiger partial charge >= 0.3 is 0 Å². The van der Waals surface area contributed by atoms with Gasteiger partial charge in [0.25, 0.3) is 0 Å². The number of carbonyl (C=O) groups is 1. The van der Waals surface area contributed by atoms with Gasteiger partial charge < -0.3 is 15.0 Å². The fourth-order valence-corrected chi connectivity index (χ4v) is 3.62. The molecule has 0 saturated carbocycles. The number of amides is 1. The van der Waals surface area contributed by atoms with E-state index >= 15 is 0 Å². The molecule has 3 rings (SSSR count). The summed E-state index contributed by atoms with van der Waals surface area (Å²) in [5.41, 5.74) is 1.88. The minimum atomic E-state index is -0.00328. The Labute approximate surface area is 154 Å². The number of hydrogen-bond acceptors (Lipinski definition) is 4. The Morgan fingerprint density at radius 1 is 1.17 bits per heavy atom. The molecular weight excluding hydrogens is 388 g/mol. The van der Waals surface area contributed by atoms with Gasteiger partial charge in [-0.2, -0.15) is 0 Å². The quantitative estimate of drug-likeness (QED) is 0.761. The van der Waals surface area contributed by atoms with Gasteiger partial charge in [0, 0.05) is 22.5 Å². The first-order valence-electron chi connectivity index (χ1n) is 7.82. The summed E-state index contributed by atoms with van der Waals surface area (Å²) in [6.07, 6.45) is 0. The van der Waals surface area contributed by atoms with E-state index in [1.165, 1.54) is 11.8 Å². The molecule has 1 aliphatic rings. The molecule has 2 aromatic carbocycles. The van der Waals surface area contributed by atoms with Gasteiger partial charge in [-0.05, 0) is 30.3 Å². The van der Waals surface area contributed by atoms with Gasteiger partial charge in [0.05, 0.1) is 30.3 Å². The van der Waals surface area contributed by atoms with Crippen LogP contribution < -0.4 is 10.2 Å². The van der Waals surface area contributed by atoms with Crippen LogP contribution in [-0.2, 0) is 9.53 Å². The maximum atomic E-state index is 12.3. The van der Waals surface area contributed by atoms with Gasteiger partial charge in [0.2, 0.25) is 5.91 Å². The molecule has 0 bridgehead atoms. The van der Waals surface area contributed by atoms with E-state index < -0.39 is 0 Å². The van der Waals surface area contributed by atoms with Crippen LogP contribution in [0.2, 0.25) is 0 Å². The lowest BCUT2D eigenvalue weighted by Crippen LogP contribution is -2.36. The predicted octanol–water partition coefficient (Wildman–Crippen LogP) is 4.02. The maximum Gasteiger partial charge on any atom is 0.234 e. The Bertz CT molecular complexity index is 691. The Morgan fingerprint density at radius 3 is 2.67 bits per heavy atom. The van der Waals surface area contributed by atoms with Gasteiger partial charge in [-0.15, -0.1) is 11.8 Å². The van der Waals surface area contributed by atoms with Crippen LogP contribution in [0.15, 0.2) is 57.9 Å². The van der Waals surface area contributed by atoms with E-state index in [1.54, 1.807) is 0 Å². The highest BCUT2D eigenvalue weighted by molar-refractivity contribution is 9.10. The second-order valence-corrected chi connectivity index (χ2v) is 7.38. The number of nitrogens with zero attached hydrogens (tertiary/aromatic N) is 1. The third kappa shape index (κ3) is 4.75. The van der Waals surface area contributed by atoms with Gasteiger partial charge in [-0.25, -0.2) is 0 Å². The summed E-state index contributed by atoms with van der Waals surface area (Å²) in [4.78, 5) is 15.7. The normalized spacial score (nSPS) is 14.5. The minimum Gasteiger partial charge on any atom is -0.378 e. The second-order valence-electron chi connectivity index (χ2n) is 5.41. The minimum absolute atomic E-state index is 0.00328. The third-order valence-corrected chi connectivity index (χ3v) is 5.20. The van der Waals surface area contributed by atoms with Gasteiger partial charge in [-0.1, -0.05) is 34.1 Å². The van der Waals surface area contributed by atoms with Crippen LogP contribution in [0.25, 0.3) is 0 Å². The first-order chi connectivity index (χ1) is 11.7. The van der Waals surface area contributed by atoms with E-state index in [1.807, 2.05) is 48.5 Å². The molecule has 0 aliphatic carbocycles. The van der Waals surface area contributed by atoms with E-state index in [0.29, 0.717) is 19.0 Å². The molecule has 0 atom stereocenters. The zero-order valence-corrected chi connectivity index (χ0v) is 15.6. The van der Waals surface area contributed by atoms with E-state index in [0.717, 1.165) is 33.8 Å². The molecule has 1 aliphatic heterocycles. The van der Waals surface area contributed by atoms with Gasteiger partial charge in [-0.3, -0.25) is 4.79 Å². The van der Waals surface area contributed by atoms with Crippen molar-refractivity contribution in [2.45, 2.75) is 4.90 Å². The molecule has 1 N–H and O–H groups in total. The van der Waals surface area contributed by atoms with Crippen LogP contribution in [0, 0.1) is 0 Å². The molecule has 6 heteroatoms. The number of benzene rings is 2. The van der Waals surface area contributed by atoms with Crippen LogP contribution in [0.4, 0.5) is 11.4 Å². The zero-order valence-electron chi connectivity index (χ0n) is 13.2. The van der Waals surface area contributed by atoms with Crippen molar-refractivity contribution in [1.82, 2.24) is 0 Å². The number of morpholine rings is 1. The number of anilines is 2. The summed E-state index contributed by atoms with van der Waals surface area (Å²) in [6, 6.07) is 15.9. The fraction of sp³-hybridized carbons (Fsp3) is 0.278. The van der Waals surface area contributed by atoms with Crippen LogP contribution in [0.5, 0.6) is 0 Å². The number of rotatable bonds is 5. The van der Waals surface area contributed by atoms with Gasteiger partial charge in [0.15, 0.2) is 0 Å². The number of hydrogen-bond donors (Lipinski definition) is 1. The Hall–Kier alpha value is -1.50. The molecule has 2 aromatic rings. The van der Waals surface area contributed by atoms with Crippen molar-refractivity contribution in [2.24, 2.45) is 0 Å². The van der Waals surface area contributed by atoms with E-state index in [2.05, 4.69) is 26.1 Å². The average molecular weight is 407 g/mol. The lowest BCUT2D eigenvalue weighted by Gasteiger charge is -2.30. The van der Waals surface area contributed by atoms with Crippen molar-refractivity contribution in [3.63, 3.8) is 0 Å². The number of halogens is 1. The largest absolute Gasteiger partial charge is 0.378 e. The number of ether oxygens (including phenoxy) is 1. The first kappa shape index (κ1) is 17.3. The summed E-state index contributed by atoms with van der Waals surface area (Å²) in [7, 11) is 0. The lowest BCUT2D eigenvalue weighted by atomic mass is 10.2. The smallest absolute Gasteiger partial charge is 0.234 e. The lowest BCUT2D eigenvalue weighted by molar-refractivity contribution is -0.113. The SMILES string of the molecule is O=C(CSc1ccccc1)Nc1cc(Br)ccc1N1CCOCC1. The van der Waals surface area contributed by atoms with Crippen molar-refractivity contribution in [3.8, 4) is 0 Å². The van der Waals surface area contributed by atoms with E-state index in [4.69, 9.17) is 4.74 Å². The molecule has 0 spiro atoms. The molecule has 1 fully saturated rings. The van der Waals surface area contributed by atoms with Crippen molar-refractivity contribution in [2.75, 3.05) is 42.3 Å². The van der Waals surface area contributed by atoms with E-state index in [-0.39, 0.29) is 5.91 Å². The summed E-state index contributed by atoms with van der Waals surface area (Å²) in [5.74, 6) is 0.385. The highest BCUT2D eigenvalue weighted by Gasteiger charge is 2.16. The third-order valence-electron chi connectivity index (χ3n) is 3.70. The van der Waals surface area contributed by atoms with Gasteiger partial charge in [0.1, 0.15) is 0 Å². The highest BCUT2D eigenvalue weighted by Crippen LogP contribution is 2.30. The van der Waals surface area contributed by atoms with Crippen LogP contribution in [-0.4, -0.2) is 38.0 Å². The monoisotopic (exact) mass is 406 g/mol.